The van der Waals surface area contributed by atoms with Crippen LogP contribution < -0.4 is 13.6 Å². The summed E-state index contributed by atoms with van der Waals surface area (Å²) in [4.78, 5) is 0. The highest BCUT2D eigenvalue weighted by molar-refractivity contribution is 7.49. The molecule has 0 aromatic heterocycles. The first kappa shape index (κ1) is 38.7. The normalized spacial score (nSPS) is 16.8. The molecule has 0 fully saturated rings. The molecule has 0 saturated heterocycles. The Balaban J connectivity index is 2.23. The van der Waals surface area contributed by atoms with Gasteiger partial charge in [-0.2, -0.15) is 4.57 Å². The summed E-state index contributed by atoms with van der Waals surface area (Å²) in [5, 5.41) is 0. The summed E-state index contributed by atoms with van der Waals surface area (Å²) >= 11 is 0. The molecule has 0 aliphatic carbocycles. The van der Waals surface area contributed by atoms with Gasteiger partial charge in [-0.15, -0.1) is 0 Å². The van der Waals surface area contributed by atoms with Gasteiger partial charge in [0.05, 0.1) is 0 Å². The molecule has 4 nitrogen and oxygen atoms in total. The Morgan fingerprint density at radius 2 is 0.660 bits per heavy atom. The van der Waals surface area contributed by atoms with Crippen molar-refractivity contribution in [2.75, 3.05) is 0 Å². The minimum Gasteiger partial charge on any atom is -0.386 e. The Morgan fingerprint density at radius 3 is 0.872 bits per heavy atom. The van der Waals surface area contributed by atoms with Crippen LogP contribution in [-0.2, 0) is 4.57 Å². The summed E-state index contributed by atoms with van der Waals surface area (Å²) in [7, 11) is -4.25. The molecule has 0 spiro atoms. The minimum absolute atomic E-state index is 0.207. The molecule has 0 heterocycles. The van der Waals surface area contributed by atoms with Gasteiger partial charge in [0.15, 0.2) is 0 Å². The lowest BCUT2D eigenvalue weighted by Gasteiger charge is -2.27. The topological polar surface area (TPSA) is 44.8 Å². The van der Waals surface area contributed by atoms with Crippen molar-refractivity contribution in [1.82, 2.24) is 0 Å². The van der Waals surface area contributed by atoms with Gasteiger partial charge in [0, 0.05) is 0 Å². The summed E-state index contributed by atoms with van der Waals surface area (Å²) in [6, 6.07) is 18.8. The Bertz CT molecular complexity index is 1300. The van der Waals surface area contributed by atoms with E-state index in [0.29, 0.717) is 35.0 Å². The monoisotopic (exact) mass is 662 g/mol. The van der Waals surface area contributed by atoms with Crippen molar-refractivity contribution in [2.24, 2.45) is 0 Å². The van der Waals surface area contributed by atoms with Gasteiger partial charge in [-0.1, -0.05) is 119 Å². The summed E-state index contributed by atoms with van der Waals surface area (Å²) in [6.07, 6.45) is 5.91. The van der Waals surface area contributed by atoms with Crippen molar-refractivity contribution in [1.29, 1.82) is 0 Å². The predicted octanol–water partition coefficient (Wildman–Crippen LogP) is 14.4. The lowest BCUT2D eigenvalue weighted by molar-refractivity contribution is 0.293. The van der Waals surface area contributed by atoms with Crippen molar-refractivity contribution >= 4 is 7.82 Å². The zero-order valence-corrected chi connectivity index (χ0v) is 32.4. The van der Waals surface area contributed by atoms with E-state index in [1.807, 2.05) is 18.2 Å². The number of rotatable bonds is 18. The maximum atomic E-state index is 15.3. The summed E-state index contributed by atoms with van der Waals surface area (Å²) in [5.74, 6) is 3.52. The smallest absolute Gasteiger partial charge is 0.386 e. The van der Waals surface area contributed by atoms with E-state index in [2.05, 4.69) is 119 Å². The van der Waals surface area contributed by atoms with Crippen molar-refractivity contribution in [2.45, 2.75) is 157 Å². The van der Waals surface area contributed by atoms with E-state index in [9.17, 15) is 0 Å². The van der Waals surface area contributed by atoms with Crippen LogP contribution in [0, 0.1) is 0 Å². The number of hydrogen-bond donors (Lipinski definition) is 0. The fraction of sp³-hybridized carbons (Fsp3) is 0.571. The Hall–Kier alpha value is -2.71. The van der Waals surface area contributed by atoms with E-state index in [1.54, 1.807) is 0 Å². The lowest BCUT2D eigenvalue weighted by Crippen LogP contribution is -2.12. The summed E-state index contributed by atoms with van der Waals surface area (Å²) in [5.41, 5.74) is 6.85. The zero-order valence-electron chi connectivity index (χ0n) is 31.5. The van der Waals surface area contributed by atoms with E-state index < -0.39 is 7.82 Å². The Kier molecular flexibility index (Phi) is 14.5. The average Bonchev–Trinajstić information content (AvgIpc) is 3.09. The van der Waals surface area contributed by atoms with E-state index in [4.69, 9.17) is 13.6 Å². The van der Waals surface area contributed by atoms with E-state index in [-0.39, 0.29) is 17.8 Å². The third-order valence-electron chi connectivity index (χ3n) is 10.7. The summed E-state index contributed by atoms with van der Waals surface area (Å²) < 4.78 is 35.0. The molecule has 0 amide bonds. The third kappa shape index (κ3) is 9.69. The van der Waals surface area contributed by atoms with Gasteiger partial charge in [-0.3, -0.25) is 0 Å². The van der Waals surface area contributed by atoms with Crippen LogP contribution in [0.3, 0.4) is 0 Å². The van der Waals surface area contributed by atoms with Crippen LogP contribution in [0.5, 0.6) is 17.2 Å². The fourth-order valence-corrected chi connectivity index (χ4v) is 7.14. The van der Waals surface area contributed by atoms with Gasteiger partial charge in [-0.25, -0.2) is 0 Å². The standard InChI is InChI=1S/C42H63O4P/c1-13-28(7)34-19-22-40(37(25-34)31(10)16-4)44-47(43,45-41-23-20-35(29(8)14-2)26-38(41)32(11)17-5)46-42-24-21-36(30(9)15-3)27-39(42)33(12)18-6/h19-33H,13-18H2,1-12H3. The van der Waals surface area contributed by atoms with Crippen LogP contribution in [0.1, 0.15) is 190 Å². The number of hydrogen-bond acceptors (Lipinski definition) is 4. The van der Waals surface area contributed by atoms with Crippen LogP contribution in [-0.4, -0.2) is 0 Å². The number of phosphoric ester groups is 1. The molecule has 3 aromatic carbocycles. The molecule has 0 radical (unpaired) electrons. The summed E-state index contributed by atoms with van der Waals surface area (Å²) in [6.45, 7) is 26.4. The van der Waals surface area contributed by atoms with Crippen LogP contribution >= 0.6 is 7.82 Å². The second kappa shape index (κ2) is 17.6. The second-order valence-corrected chi connectivity index (χ2v) is 15.4. The Morgan fingerprint density at radius 1 is 0.426 bits per heavy atom. The molecular weight excluding hydrogens is 599 g/mol. The lowest BCUT2D eigenvalue weighted by atomic mass is 9.91. The van der Waals surface area contributed by atoms with Crippen molar-refractivity contribution in [3.05, 3.63) is 88.0 Å². The largest absolute Gasteiger partial charge is 0.647 e. The molecule has 6 atom stereocenters. The Labute approximate surface area is 287 Å². The van der Waals surface area contributed by atoms with Crippen LogP contribution in [0.15, 0.2) is 54.6 Å². The first-order valence-electron chi connectivity index (χ1n) is 18.4. The molecule has 0 N–H and O–H groups in total. The molecule has 0 bridgehead atoms. The highest BCUT2D eigenvalue weighted by Gasteiger charge is 2.37. The SMILES string of the molecule is CCC(C)c1ccc(OP(=O)(Oc2ccc(C(C)CC)cc2C(C)CC)Oc2ccc(C(C)CC)cc2C(C)CC)c(C(C)CC)c1. The molecule has 260 valence electrons. The third-order valence-corrected chi connectivity index (χ3v) is 12.0. The van der Waals surface area contributed by atoms with Gasteiger partial charge in [0.25, 0.3) is 0 Å². The highest BCUT2D eigenvalue weighted by Crippen LogP contribution is 2.54. The van der Waals surface area contributed by atoms with E-state index in [0.717, 1.165) is 55.2 Å². The van der Waals surface area contributed by atoms with E-state index >= 15 is 4.57 Å². The van der Waals surface area contributed by atoms with Gasteiger partial charge in [0.1, 0.15) is 17.2 Å². The van der Waals surface area contributed by atoms with Gasteiger partial charge in [0.2, 0.25) is 0 Å². The maximum Gasteiger partial charge on any atom is 0.647 e. The minimum atomic E-state index is -4.25. The molecule has 3 rings (SSSR count). The molecule has 0 aliphatic rings. The maximum absolute atomic E-state index is 15.3. The molecular formula is C42H63O4P. The van der Waals surface area contributed by atoms with Crippen LogP contribution in [0.25, 0.3) is 0 Å². The first-order valence-corrected chi connectivity index (χ1v) is 19.9. The van der Waals surface area contributed by atoms with Crippen LogP contribution in [0.4, 0.5) is 0 Å². The number of benzene rings is 3. The van der Waals surface area contributed by atoms with Crippen molar-refractivity contribution in [3.8, 4) is 17.2 Å². The van der Waals surface area contributed by atoms with Gasteiger partial charge >= 0.3 is 7.82 Å². The first-order chi connectivity index (χ1) is 22.3. The van der Waals surface area contributed by atoms with Crippen LogP contribution in [0.2, 0.25) is 0 Å². The quantitative estimate of drug-likeness (QED) is 0.127. The van der Waals surface area contributed by atoms with Gasteiger partial charge < -0.3 is 13.6 Å². The molecule has 47 heavy (non-hydrogen) atoms. The molecule has 0 aliphatic heterocycles. The number of phosphoric acid groups is 1. The fourth-order valence-electron chi connectivity index (χ4n) is 5.81. The predicted molar refractivity (Wildman–Crippen MR) is 201 cm³/mol. The van der Waals surface area contributed by atoms with Crippen molar-refractivity contribution < 1.29 is 18.1 Å². The zero-order chi connectivity index (χ0) is 34.9. The molecule has 0 saturated carbocycles. The van der Waals surface area contributed by atoms with Crippen molar-refractivity contribution in [3.63, 3.8) is 0 Å². The second-order valence-electron chi connectivity index (χ2n) is 14.0. The molecule has 5 heteroatoms. The molecule has 6 unspecified atom stereocenters. The average molecular weight is 663 g/mol. The molecule has 3 aromatic rings. The highest BCUT2D eigenvalue weighted by atomic mass is 31.2. The van der Waals surface area contributed by atoms with Gasteiger partial charge in [-0.05, 0) is 126 Å². The van der Waals surface area contributed by atoms with E-state index in [1.165, 1.54) is 16.7 Å².